The molecule has 1 aliphatic rings. The predicted molar refractivity (Wildman–Crippen MR) is 116 cm³/mol. The number of hydrogen-bond acceptors (Lipinski definition) is 4. The van der Waals surface area contributed by atoms with Crippen molar-refractivity contribution in [3.05, 3.63) is 88.7 Å². The van der Waals surface area contributed by atoms with Crippen molar-refractivity contribution in [2.75, 3.05) is 7.11 Å². The highest BCUT2D eigenvalue weighted by molar-refractivity contribution is 6.31. The molecule has 1 heterocycles. The molecular formula is C24H23ClN2O3. The molecule has 154 valence electrons. The maximum atomic E-state index is 12.5. The molecule has 1 aliphatic carbocycles. The minimum Gasteiger partial charge on any atom is -0.493 e. The Bertz CT molecular complexity index is 1030. The second kappa shape index (κ2) is 9.18. The number of nitrogens with zero attached hydrogens (tertiary/aromatic N) is 1. The lowest BCUT2D eigenvalue weighted by Gasteiger charge is -2.13. The van der Waals surface area contributed by atoms with Crippen molar-refractivity contribution in [2.24, 2.45) is 5.92 Å². The number of nitrogens with one attached hydrogen (secondary N) is 1. The number of pyridine rings is 1. The van der Waals surface area contributed by atoms with Crippen LogP contribution in [0.1, 0.15) is 29.0 Å². The molecular weight excluding hydrogens is 400 g/mol. The lowest BCUT2D eigenvalue weighted by atomic mass is 10.1. The Kier molecular flexibility index (Phi) is 6.19. The van der Waals surface area contributed by atoms with Gasteiger partial charge in [0.1, 0.15) is 6.61 Å². The van der Waals surface area contributed by atoms with Crippen molar-refractivity contribution >= 4 is 17.5 Å². The smallest absolute Gasteiger partial charge is 0.224 e. The van der Waals surface area contributed by atoms with Crippen LogP contribution in [-0.2, 0) is 17.9 Å². The van der Waals surface area contributed by atoms with Gasteiger partial charge in [0.2, 0.25) is 5.91 Å². The standard InChI is InChI=1S/C24H23ClN2O3/c1-29-23-12-17(6-7-22(23)30-15-16-8-10-26-11-9-16)14-27-24(28)20-13-19(20)18-4-2-3-5-21(18)25/h2-12,19-20H,13-15H2,1H3,(H,27,28). The first kappa shape index (κ1) is 20.2. The molecule has 1 fully saturated rings. The number of benzene rings is 2. The van der Waals surface area contributed by atoms with Crippen molar-refractivity contribution in [2.45, 2.75) is 25.5 Å². The molecule has 4 rings (SSSR count). The fourth-order valence-electron chi connectivity index (χ4n) is 3.51. The molecule has 2 unspecified atom stereocenters. The molecule has 0 bridgehead atoms. The number of methoxy groups -OCH3 is 1. The highest BCUT2D eigenvalue weighted by atomic mass is 35.5. The Balaban J connectivity index is 1.32. The van der Waals surface area contributed by atoms with E-state index < -0.39 is 0 Å². The van der Waals surface area contributed by atoms with Crippen LogP contribution in [0.5, 0.6) is 11.5 Å². The van der Waals surface area contributed by atoms with Crippen LogP contribution in [0.3, 0.4) is 0 Å². The Labute approximate surface area is 181 Å². The number of aromatic nitrogens is 1. The number of rotatable bonds is 8. The molecule has 0 radical (unpaired) electrons. The van der Waals surface area contributed by atoms with Gasteiger partial charge >= 0.3 is 0 Å². The number of carbonyl (C=O) groups excluding carboxylic acids is 1. The summed E-state index contributed by atoms with van der Waals surface area (Å²) in [5.74, 6) is 1.53. The zero-order valence-electron chi connectivity index (χ0n) is 16.7. The third-order valence-electron chi connectivity index (χ3n) is 5.27. The summed E-state index contributed by atoms with van der Waals surface area (Å²) < 4.78 is 11.3. The van der Waals surface area contributed by atoms with Crippen LogP contribution in [0.15, 0.2) is 67.0 Å². The summed E-state index contributed by atoms with van der Waals surface area (Å²) in [6, 6.07) is 17.2. The van der Waals surface area contributed by atoms with Crippen molar-refractivity contribution in [1.29, 1.82) is 0 Å². The topological polar surface area (TPSA) is 60.5 Å². The van der Waals surface area contributed by atoms with E-state index in [-0.39, 0.29) is 17.7 Å². The molecule has 6 heteroatoms. The van der Waals surface area contributed by atoms with Gasteiger partial charge in [-0.1, -0.05) is 35.9 Å². The largest absolute Gasteiger partial charge is 0.493 e. The summed E-state index contributed by atoms with van der Waals surface area (Å²) in [6.07, 6.45) is 4.30. The van der Waals surface area contributed by atoms with E-state index in [2.05, 4.69) is 10.3 Å². The minimum absolute atomic E-state index is 0.0187. The van der Waals surface area contributed by atoms with Gasteiger partial charge in [0.15, 0.2) is 11.5 Å². The molecule has 0 spiro atoms. The van der Waals surface area contributed by atoms with E-state index in [1.165, 1.54) is 0 Å². The van der Waals surface area contributed by atoms with Crippen LogP contribution >= 0.6 is 11.6 Å². The van der Waals surface area contributed by atoms with Crippen molar-refractivity contribution in [3.8, 4) is 11.5 Å². The van der Waals surface area contributed by atoms with Crippen LogP contribution in [0.25, 0.3) is 0 Å². The van der Waals surface area contributed by atoms with Crippen molar-refractivity contribution in [3.63, 3.8) is 0 Å². The average molecular weight is 423 g/mol. The first-order valence-corrected chi connectivity index (χ1v) is 10.2. The number of ether oxygens (including phenoxy) is 2. The summed E-state index contributed by atoms with van der Waals surface area (Å²) in [5, 5.41) is 3.75. The normalized spacial score (nSPS) is 17.3. The molecule has 1 amide bonds. The third-order valence-corrected chi connectivity index (χ3v) is 5.61. The molecule has 0 saturated heterocycles. The van der Waals surface area contributed by atoms with Gasteiger partial charge in [-0.05, 0) is 59.4 Å². The van der Waals surface area contributed by atoms with E-state index in [0.717, 1.165) is 28.1 Å². The van der Waals surface area contributed by atoms with E-state index in [9.17, 15) is 4.79 Å². The molecule has 1 aromatic heterocycles. The highest BCUT2D eigenvalue weighted by Crippen LogP contribution is 2.49. The second-order valence-electron chi connectivity index (χ2n) is 7.32. The van der Waals surface area contributed by atoms with E-state index in [1.807, 2.05) is 54.6 Å². The van der Waals surface area contributed by atoms with Crippen molar-refractivity contribution < 1.29 is 14.3 Å². The molecule has 2 atom stereocenters. The number of hydrogen-bond donors (Lipinski definition) is 1. The number of amides is 1. The summed E-state index contributed by atoms with van der Waals surface area (Å²) in [5.41, 5.74) is 3.03. The monoisotopic (exact) mass is 422 g/mol. The Morgan fingerprint density at radius 2 is 1.90 bits per heavy atom. The summed E-state index contributed by atoms with van der Waals surface area (Å²) in [7, 11) is 1.61. The van der Waals surface area contributed by atoms with Gasteiger partial charge in [0.05, 0.1) is 7.11 Å². The SMILES string of the molecule is COc1cc(CNC(=O)C2CC2c2ccccc2Cl)ccc1OCc1ccncc1. The fraction of sp³-hybridized carbons (Fsp3) is 0.250. The average Bonchev–Trinajstić information content (AvgIpc) is 3.58. The van der Waals surface area contributed by atoms with Gasteiger partial charge in [0, 0.05) is 29.9 Å². The quantitative estimate of drug-likeness (QED) is 0.569. The van der Waals surface area contributed by atoms with Gasteiger partial charge in [-0.25, -0.2) is 0 Å². The van der Waals surface area contributed by atoms with Gasteiger partial charge in [0.25, 0.3) is 0 Å². The highest BCUT2D eigenvalue weighted by Gasteiger charge is 2.44. The van der Waals surface area contributed by atoms with Crippen molar-refractivity contribution in [1.82, 2.24) is 10.3 Å². The van der Waals surface area contributed by atoms with Gasteiger partial charge < -0.3 is 14.8 Å². The maximum absolute atomic E-state index is 12.5. The first-order chi connectivity index (χ1) is 14.7. The van der Waals surface area contributed by atoms with Gasteiger partial charge in [-0.15, -0.1) is 0 Å². The zero-order chi connectivity index (χ0) is 20.9. The number of halogens is 1. The molecule has 3 aromatic rings. The predicted octanol–water partition coefficient (Wildman–Crippen LogP) is 4.74. The molecule has 1 saturated carbocycles. The molecule has 5 nitrogen and oxygen atoms in total. The Morgan fingerprint density at radius 3 is 2.67 bits per heavy atom. The van der Waals surface area contributed by atoms with E-state index in [4.69, 9.17) is 21.1 Å². The van der Waals surface area contributed by atoms with Crippen LogP contribution < -0.4 is 14.8 Å². The maximum Gasteiger partial charge on any atom is 0.224 e. The summed E-state index contributed by atoms with van der Waals surface area (Å²) in [4.78, 5) is 16.5. The lowest BCUT2D eigenvalue weighted by molar-refractivity contribution is -0.122. The lowest BCUT2D eigenvalue weighted by Crippen LogP contribution is -2.24. The molecule has 2 aromatic carbocycles. The first-order valence-electron chi connectivity index (χ1n) is 9.86. The fourth-order valence-corrected chi connectivity index (χ4v) is 3.78. The van der Waals surface area contributed by atoms with E-state index >= 15 is 0 Å². The second-order valence-corrected chi connectivity index (χ2v) is 7.72. The molecule has 0 aliphatic heterocycles. The van der Waals surface area contributed by atoms with Crippen LogP contribution in [0.2, 0.25) is 5.02 Å². The van der Waals surface area contributed by atoms with Crippen LogP contribution in [0, 0.1) is 5.92 Å². The summed E-state index contributed by atoms with van der Waals surface area (Å²) >= 11 is 6.25. The Hall–Kier alpha value is -3.05. The zero-order valence-corrected chi connectivity index (χ0v) is 17.4. The summed E-state index contributed by atoms with van der Waals surface area (Å²) in [6.45, 7) is 0.867. The van der Waals surface area contributed by atoms with E-state index in [0.29, 0.717) is 24.7 Å². The molecule has 1 N–H and O–H groups in total. The number of carbonyl (C=O) groups is 1. The van der Waals surface area contributed by atoms with Gasteiger partial charge in [-0.3, -0.25) is 9.78 Å². The minimum atomic E-state index is -0.0187. The van der Waals surface area contributed by atoms with E-state index in [1.54, 1.807) is 19.5 Å². The Morgan fingerprint density at radius 1 is 1.10 bits per heavy atom. The van der Waals surface area contributed by atoms with Gasteiger partial charge in [-0.2, -0.15) is 0 Å². The third kappa shape index (κ3) is 4.74. The molecule has 30 heavy (non-hydrogen) atoms. The van der Waals surface area contributed by atoms with Crippen LogP contribution in [0.4, 0.5) is 0 Å². The van der Waals surface area contributed by atoms with Crippen LogP contribution in [-0.4, -0.2) is 18.0 Å².